The van der Waals surface area contributed by atoms with E-state index in [2.05, 4.69) is 15.9 Å². The van der Waals surface area contributed by atoms with Crippen molar-refractivity contribution < 1.29 is 19.1 Å². The first-order valence-electron chi connectivity index (χ1n) is 7.52. The molecule has 0 radical (unpaired) electrons. The molecule has 0 aliphatic carbocycles. The largest absolute Gasteiger partial charge is 0.375 e. The van der Waals surface area contributed by atoms with Crippen LogP contribution in [-0.2, 0) is 9.53 Å². The highest BCUT2D eigenvalue weighted by atomic mass is 79.9. The summed E-state index contributed by atoms with van der Waals surface area (Å²) in [5.41, 5.74) is 0.780. The fourth-order valence-corrected chi connectivity index (χ4v) is 3.24. The zero-order chi connectivity index (χ0) is 16.6. The van der Waals surface area contributed by atoms with Crippen LogP contribution in [-0.4, -0.2) is 59.9 Å². The Balaban J connectivity index is 1.64. The van der Waals surface area contributed by atoms with Gasteiger partial charge in [-0.15, -0.1) is 0 Å². The van der Waals surface area contributed by atoms with Gasteiger partial charge in [0.2, 0.25) is 5.91 Å². The van der Waals surface area contributed by atoms with Gasteiger partial charge in [-0.25, -0.2) is 0 Å². The summed E-state index contributed by atoms with van der Waals surface area (Å²) in [5.74, 6) is -0.729. The second-order valence-corrected chi connectivity index (χ2v) is 6.64. The van der Waals surface area contributed by atoms with E-state index in [0.29, 0.717) is 30.8 Å². The van der Waals surface area contributed by atoms with Gasteiger partial charge < -0.3 is 9.64 Å². The molecule has 1 fully saturated rings. The summed E-state index contributed by atoms with van der Waals surface area (Å²) in [7, 11) is 0. The minimum absolute atomic E-state index is 0.0179. The molecule has 0 spiro atoms. The van der Waals surface area contributed by atoms with Crippen molar-refractivity contribution in [3.63, 3.8) is 0 Å². The number of rotatable bonds is 3. The zero-order valence-corrected chi connectivity index (χ0v) is 14.3. The van der Waals surface area contributed by atoms with Gasteiger partial charge in [-0.05, 0) is 25.1 Å². The number of hydrogen-bond donors (Lipinski definition) is 0. The molecule has 0 N–H and O–H groups in total. The van der Waals surface area contributed by atoms with E-state index in [1.165, 1.54) is 0 Å². The maximum Gasteiger partial charge on any atom is 0.261 e. The zero-order valence-electron chi connectivity index (χ0n) is 12.8. The number of carbonyl (C=O) groups excluding carboxylic acids is 3. The highest BCUT2D eigenvalue weighted by molar-refractivity contribution is 9.10. The minimum atomic E-state index is -0.338. The number of imide groups is 1. The van der Waals surface area contributed by atoms with Crippen LogP contribution in [0.2, 0.25) is 0 Å². The smallest absolute Gasteiger partial charge is 0.261 e. The van der Waals surface area contributed by atoms with Gasteiger partial charge in [0.05, 0.1) is 23.8 Å². The Morgan fingerprint density at radius 2 is 2.04 bits per heavy atom. The Bertz CT molecular complexity index is 676. The number of nitrogens with zero attached hydrogens (tertiary/aromatic N) is 2. The summed E-state index contributed by atoms with van der Waals surface area (Å²) in [6.45, 7) is 3.65. The van der Waals surface area contributed by atoms with Crippen molar-refractivity contribution in [3.8, 4) is 0 Å². The van der Waals surface area contributed by atoms with Crippen LogP contribution in [0.3, 0.4) is 0 Å². The van der Waals surface area contributed by atoms with Gasteiger partial charge in [-0.2, -0.15) is 0 Å². The number of fused-ring (bicyclic) bond motifs is 1. The molecule has 1 saturated heterocycles. The summed E-state index contributed by atoms with van der Waals surface area (Å²) in [4.78, 5) is 39.8. The SMILES string of the molecule is C[C@@H]1CN(C(=O)CCN2C(=O)c3ccc(Br)cc3C2=O)CCO1. The molecule has 122 valence electrons. The lowest BCUT2D eigenvalue weighted by atomic mass is 10.1. The molecule has 0 bridgehead atoms. The van der Waals surface area contributed by atoms with Crippen molar-refractivity contribution in [3.05, 3.63) is 33.8 Å². The van der Waals surface area contributed by atoms with Gasteiger partial charge in [0, 0.05) is 30.5 Å². The third-order valence-electron chi connectivity index (χ3n) is 4.08. The molecular weight excluding hydrogens is 364 g/mol. The Hall–Kier alpha value is -1.73. The first kappa shape index (κ1) is 16.1. The molecule has 3 amide bonds. The molecule has 0 saturated carbocycles. The van der Waals surface area contributed by atoms with Gasteiger partial charge >= 0.3 is 0 Å². The van der Waals surface area contributed by atoms with Crippen LogP contribution in [0.1, 0.15) is 34.1 Å². The molecule has 1 aromatic carbocycles. The predicted octanol–water partition coefficient (Wildman–Crippen LogP) is 1.68. The van der Waals surface area contributed by atoms with Gasteiger partial charge in [0.1, 0.15) is 0 Å². The standard InChI is InChI=1S/C16H17BrN2O4/c1-10-9-18(6-7-23-10)14(20)4-5-19-15(21)12-3-2-11(17)8-13(12)16(19)22/h2-3,8,10H,4-7,9H2,1H3/t10-/m1/s1. The predicted molar refractivity (Wildman–Crippen MR) is 86.1 cm³/mol. The van der Waals surface area contributed by atoms with E-state index in [0.717, 1.165) is 9.37 Å². The lowest BCUT2D eigenvalue weighted by Crippen LogP contribution is -2.45. The number of benzene rings is 1. The normalized spacial score (nSPS) is 20.9. The molecule has 2 aliphatic heterocycles. The fraction of sp³-hybridized carbons (Fsp3) is 0.438. The summed E-state index contributed by atoms with van der Waals surface area (Å²) in [6.07, 6.45) is 0.156. The van der Waals surface area contributed by atoms with Crippen LogP contribution in [0, 0.1) is 0 Å². The molecule has 6 nitrogen and oxygen atoms in total. The number of ether oxygens (including phenoxy) is 1. The molecule has 0 unspecified atom stereocenters. The first-order chi connectivity index (χ1) is 11.0. The van der Waals surface area contributed by atoms with Crippen LogP contribution in [0.25, 0.3) is 0 Å². The number of carbonyl (C=O) groups is 3. The third kappa shape index (κ3) is 3.16. The van der Waals surface area contributed by atoms with Crippen molar-refractivity contribution in [1.29, 1.82) is 0 Å². The molecule has 23 heavy (non-hydrogen) atoms. The maximum atomic E-state index is 12.3. The molecule has 1 atom stereocenters. The van der Waals surface area contributed by atoms with Crippen molar-refractivity contribution in [2.75, 3.05) is 26.2 Å². The van der Waals surface area contributed by atoms with E-state index in [9.17, 15) is 14.4 Å². The van der Waals surface area contributed by atoms with E-state index in [1.54, 1.807) is 23.1 Å². The van der Waals surface area contributed by atoms with Gasteiger partial charge in [-0.3, -0.25) is 19.3 Å². The lowest BCUT2D eigenvalue weighted by Gasteiger charge is -2.31. The summed E-state index contributed by atoms with van der Waals surface area (Å²) >= 11 is 3.30. The van der Waals surface area contributed by atoms with Crippen molar-refractivity contribution >= 4 is 33.7 Å². The average molecular weight is 381 g/mol. The van der Waals surface area contributed by atoms with Crippen molar-refractivity contribution in [1.82, 2.24) is 9.80 Å². The van der Waals surface area contributed by atoms with Crippen LogP contribution < -0.4 is 0 Å². The van der Waals surface area contributed by atoms with E-state index < -0.39 is 0 Å². The third-order valence-corrected chi connectivity index (χ3v) is 4.57. The lowest BCUT2D eigenvalue weighted by molar-refractivity contribution is -0.138. The summed E-state index contributed by atoms with van der Waals surface area (Å²) in [5, 5.41) is 0. The van der Waals surface area contributed by atoms with Crippen LogP contribution in [0.4, 0.5) is 0 Å². The Morgan fingerprint density at radius 1 is 1.30 bits per heavy atom. The molecule has 1 aromatic rings. The molecule has 7 heteroatoms. The minimum Gasteiger partial charge on any atom is -0.375 e. The number of morpholine rings is 1. The summed E-state index contributed by atoms with van der Waals surface area (Å²) in [6, 6.07) is 5.00. The quantitative estimate of drug-likeness (QED) is 0.748. The maximum absolute atomic E-state index is 12.3. The van der Waals surface area contributed by atoms with Gasteiger partial charge in [0.25, 0.3) is 11.8 Å². The second kappa shape index (κ2) is 6.41. The number of amides is 3. The van der Waals surface area contributed by atoms with Crippen LogP contribution in [0.15, 0.2) is 22.7 Å². The molecule has 2 aliphatic rings. The van der Waals surface area contributed by atoms with E-state index in [-0.39, 0.29) is 36.8 Å². The Morgan fingerprint density at radius 3 is 2.78 bits per heavy atom. The highest BCUT2D eigenvalue weighted by Crippen LogP contribution is 2.26. The van der Waals surface area contributed by atoms with E-state index in [4.69, 9.17) is 4.74 Å². The topological polar surface area (TPSA) is 66.9 Å². The number of hydrogen-bond acceptors (Lipinski definition) is 4. The van der Waals surface area contributed by atoms with Crippen molar-refractivity contribution in [2.45, 2.75) is 19.4 Å². The Kier molecular flexibility index (Phi) is 4.50. The fourth-order valence-electron chi connectivity index (χ4n) is 2.88. The molecule has 2 heterocycles. The van der Waals surface area contributed by atoms with Gasteiger partial charge in [-0.1, -0.05) is 15.9 Å². The van der Waals surface area contributed by atoms with E-state index in [1.807, 2.05) is 6.92 Å². The molecule has 3 rings (SSSR count). The van der Waals surface area contributed by atoms with Gasteiger partial charge in [0.15, 0.2) is 0 Å². The number of halogens is 1. The second-order valence-electron chi connectivity index (χ2n) is 5.72. The first-order valence-corrected chi connectivity index (χ1v) is 8.32. The van der Waals surface area contributed by atoms with Crippen LogP contribution in [0.5, 0.6) is 0 Å². The summed E-state index contributed by atoms with van der Waals surface area (Å²) < 4.78 is 6.15. The van der Waals surface area contributed by atoms with Crippen LogP contribution >= 0.6 is 15.9 Å². The van der Waals surface area contributed by atoms with E-state index >= 15 is 0 Å². The highest BCUT2D eigenvalue weighted by Gasteiger charge is 2.36. The average Bonchev–Trinajstić information content (AvgIpc) is 2.76. The molecular formula is C16H17BrN2O4. The van der Waals surface area contributed by atoms with Crippen molar-refractivity contribution in [2.24, 2.45) is 0 Å². The molecule has 0 aromatic heterocycles. The monoisotopic (exact) mass is 380 g/mol. The Labute approximate surface area is 142 Å².